The van der Waals surface area contributed by atoms with Crippen molar-refractivity contribution in [2.75, 3.05) is 26.2 Å². The molecule has 25 heavy (non-hydrogen) atoms. The van der Waals surface area contributed by atoms with Gasteiger partial charge in [0.25, 0.3) is 0 Å². The van der Waals surface area contributed by atoms with Crippen LogP contribution in [0.1, 0.15) is 25.7 Å². The van der Waals surface area contributed by atoms with E-state index >= 15 is 0 Å². The average Bonchev–Trinajstić information content (AvgIpc) is 2.90. The van der Waals surface area contributed by atoms with Gasteiger partial charge in [-0.3, -0.25) is 0 Å². The molecule has 3 nitrogen and oxygen atoms in total. The van der Waals surface area contributed by atoms with Gasteiger partial charge < -0.3 is 14.7 Å². The first kappa shape index (κ1) is 18.7. The van der Waals surface area contributed by atoms with E-state index in [0.29, 0.717) is 13.2 Å². The smallest absolute Gasteiger partial charge is 0.119 e. The van der Waals surface area contributed by atoms with Crippen LogP contribution in [0.5, 0.6) is 5.75 Å². The van der Waals surface area contributed by atoms with Gasteiger partial charge >= 0.3 is 0 Å². The molecule has 4 heteroatoms. The van der Waals surface area contributed by atoms with E-state index in [9.17, 15) is 5.11 Å². The van der Waals surface area contributed by atoms with Crippen LogP contribution in [0.15, 0.2) is 48.5 Å². The standard InChI is InChI=1S/C21H26INO2/c22-21-8-4-3-7-20(21)17-9-11-19(12-10-17)25-16-18(24)15-23-13-5-1-2-6-14-23/h3-4,7-12,18,24H,1-2,5-6,13-16H2. The zero-order valence-corrected chi connectivity index (χ0v) is 16.7. The molecule has 1 aliphatic heterocycles. The summed E-state index contributed by atoms with van der Waals surface area (Å²) >= 11 is 2.36. The van der Waals surface area contributed by atoms with E-state index in [1.807, 2.05) is 12.1 Å². The van der Waals surface area contributed by atoms with Crippen LogP contribution in [-0.2, 0) is 0 Å². The summed E-state index contributed by atoms with van der Waals surface area (Å²) in [7, 11) is 0. The van der Waals surface area contributed by atoms with Crippen molar-refractivity contribution in [2.45, 2.75) is 31.8 Å². The monoisotopic (exact) mass is 451 g/mol. The van der Waals surface area contributed by atoms with Crippen molar-refractivity contribution in [1.29, 1.82) is 0 Å². The second-order valence-corrected chi connectivity index (χ2v) is 7.85. The number of benzene rings is 2. The summed E-state index contributed by atoms with van der Waals surface area (Å²) in [5.41, 5.74) is 2.42. The van der Waals surface area contributed by atoms with Crippen molar-refractivity contribution in [3.8, 4) is 16.9 Å². The number of hydrogen-bond donors (Lipinski definition) is 1. The van der Waals surface area contributed by atoms with Gasteiger partial charge in [-0.2, -0.15) is 0 Å². The number of aliphatic hydroxyl groups excluding tert-OH is 1. The minimum atomic E-state index is -0.437. The van der Waals surface area contributed by atoms with E-state index in [4.69, 9.17) is 4.74 Å². The van der Waals surface area contributed by atoms with Crippen LogP contribution in [0.2, 0.25) is 0 Å². The van der Waals surface area contributed by atoms with Crippen molar-refractivity contribution in [2.24, 2.45) is 0 Å². The van der Waals surface area contributed by atoms with E-state index in [2.05, 4.69) is 63.9 Å². The number of halogens is 1. The Kier molecular flexibility index (Phi) is 7.13. The molecule has 0 aromatic heterocycles. The lowest BCUT2D eigenvalue weighted by atomic mass is 10.1. The van der Waals surface area contributed by atoms with E-state index in [0.717, 1.165) is 18.8 Å². The molecule has 134 valence electrons. The highest BCUT2D eigenvalue weighted by Gasteiger charge is 2.14. The normalized spacial score (nSPS) is 17.0. The van der Waals surface area contributed by atoms with Gasteiger partial charge in [-0.15, -0.1) is 0 Å². The van der Waals surface area contributed by atoms with Crippen molar-refractivity contribution in [1.82, 2.24) is 4.90 Å². The Balaban J connectivity index is 1.50. The molecule has 2 aromatic carbocycles. The van der Waals surface area contributed by atoms with Crippen LogP contribution in [0.4, 0.5) is 0 Å². The van der Waals surface area contributed by atoms with E-state index in [1.54, 1.807) is 0 Å². The van der Waals surface area contributed by atoms with Gasteiger partial charge in [0.2, 0.25) is 0 Å². The fraction of sp³-hybridized carbons (Fsp3) is 0.429. The molecule has 0 radical (unpaired) electrons. The van der Waals surface area contributed by atoms with Crippen LogP contribution >= 0.6 is 22.6 Å². The van der Waals surface area contributed by atoms with Crippen LogP contribution in [-0.4, -0.2) is 42.4 Å². The summed E-state index contributed by atoms with van der Waals surface area (Å²) in [4.78, 5) is 2.36. The molecule has 1 atom stereocenters. The molecule has 3 rings (SSSR count). The fourth-order valence-electron chi connectivity index (χ4n) is 3.29. The van der Waals surface area contributed by atoms with Crippen LogP contribution in [0.25, 0.3) is 11.1 Å². The third-order valence-corrected chi connectivity index (χ3v) is 5.59. The zero-order valence-electron chi connectivity index (χ0n) is 14.5. The quantitative estimate of drug-likeness (QED) is 0.654. The molecule has 0 amide bonds. The maximum absolute atomic E-state index is 10.3. The zero-order chi connectivity index (χ0) is 17.5. The highest BCUT2D eigenvalue weighted by atomic mass is 127. The van der Waals surface area contributed by atoms with Crippen LogP contribution < -0.4 is 4.74 Å². The summed E-state index contributed by atoms with van der Waals surface area (Å²) in [6, 6.07) is 16.5. The van der Waals surface area contributed by atoms with Gasteiger partial charge in [0.05, 0.1) is 0 Å². The summed E-state index contributed by atoms with van der Waals surface area (Å²) in [6.45, 7) is 3.25. The highest BCUT2D eigenvalue weighted by Crippen LogP contribution is 2.26. The Labute approximate surface area is 164 Å². The Hall–Kier alpha value is -1.11. The van der Waals surface area contributed by atoms with E-state index < -0.39 is 6.10 Å². The molecule has 0 bridgehead atoms. The Morgan fingerprint density at radius 2 is 1.64 bits per heavy atom. The molecule has 1 fully saturated rings. The molecule has 1 saturated heterocycles. The Morgan fingerprint density at radius 3 is 2.32 bits per heavy atom. The first-order valence-electron chi connectivity index (χ1n) is 9.10. The Bertz CT molecular complexity index is 651. The van der Waals surface area contributed by atoms with Crippen LogP contribution in [0.3, 0.4) is 0 Å². The van der Waals surface area contributed by atoms with Crippen molar-refractivity contribution in [3.05, 3.63) is 52.1 Å². The third kappa shape index (κ3) is 5.69. The molecule has 1 heterocycles. The number of ether oxygens (including phenoxy) is 1. The lowest BCUT2D eigenvalue weighted by Gasteiger charge is -2.23. The lowest BCUT2D eigenvalue weighted by Crippen LogP contribution is -2.36. The minimum Gasteiger partial charge on any atom is -0.491 e. The summed E-state index contributed by atoms with van der Waals surface area (Å²) in [6.07, 6.45) is 4.68. The fourth-order valence-corrected chi connectivity index (χ4v) is 3.99. The number of rotatable bonds is 6. The highest BCUT2D eigenvalue weighted by molar-refractivity contribution is 14.1. The molecule has 0 saturated carbocycles. The van der Waals surface area contributed by atoms with E-state index in [1.165, 1.54) is 40.4 Å². The van der Waals surface area contributed by atoms with Gasteiger partial charge in [-0.05, 0) is 77.8 Å². The SMILES string of the molecule is OC(COc1ccc(-c2ccccc2I)cc1)CN1CCCCCC1. The van der Waals surface area contributed by atoms with Crippen molar-refractivity contribution >= 4 is 22.6 Å². The lowest BCUT2D eigenvalue weighted by molar-refractivity contribution is 0.0694. The topological polar surface area (TPSA) is 32.7 Å². The number of nitrogens with zero attached hydrogens (tertiary/aromatic N) is 1. The molecule has 1 aliphatic rings. The number of hydrogen-bond acceptors (Lipinski definition) is 3. The van der Waals surface area contributed by atoms with Gasteiger partial charge in [0.15, 0.2) is 0 Å². The van der Waals surface area contributed by atoms with Gasteiger partial charge in [-0.25, -0.2) is 0 Å². The van der Waals surface area contributed by atoms with Crippen molar-refractivity contribution in [3.63, 3.8) is 0 Å². The van der Waals surface area contributed by atoms with Gasteiger partial charge in [0.1, 0.15) is 18.5 Å². The Morgan fingerprint density at radius 1 is 0.960 bits per heavy atom. The molecular weight excluding hydrogens is 425 g/mol. The summed E-state index contributed by atoms with van der Waals surface area (Å²) in [5.74, 6) is 0.810. The van der Waals surface area contributed by atoms with Gasteiger partial charge in [-0.1, -0.05) is 43.2 Å². The molecule has 1 N–H and O–H groups in total. The first-order chi connectivity index (χ1) is 12.2. The second-order valence-electron chi connectivity index (χ2n) is 6.68. The largest absolute Gasteiger partial charge is 0.491 e. The first-order valence-corrected chi connectivity index (χ1v) is 10.2. The maximum Gasteiger partial charge on any atom is 0.119 e. The average molecular weight is 451 g/mol. The third-order valence-electron chi connectivity index (χ3n) is 4.65. The summed E-state index contributed by atoms with van der Waals surface area (Å²) in [5, 5.41) is 10.3. The molecular formula is C21H26INO2. The predicted octanol–water partition coefficient (Wildman–Crippen LogP) is 4.57. The molecule has 2 aromatic rings. The molecule has 0 aliphatic carbocycles. The molecule has 1 unspecified atom stereocenters. The molecule has 0 spiro atoms. The predicted molar refractivity (Wildman–Crippen MR) is 111 cm³/mol. The minimum absolute atomic E-state index is 0.346. The second kappa shape index (κ2) is 9.55. The van der Waals surface area contributed by atoms with Crippen molar-refractivity contribution < 1.29 is 9.84 Å². The maximum atomic E-state index is 10.3. The van der Waals surface area contributed by atoms with Gasteiger partial charge in [0, 0.05) is 10.1 Å². The van der Waals surface area contributed by atoms with Crippen LogP contribution in [0, 0.1) is 3.57 Å². The number of likely N-dealkylation sites (tertiary alicyclic amines) is 1. The number of β-amino-alcohol motifs (C(OH)–C–C–N with tert-alkyl or cyclic N) is 1. The summed E-state index contributed by atoms with van der Waals surface area (Å²) < 4.78 is 7.02. The van der Waals surface area contributed by atoms with E-state index in [-0.39, 0.29) is 0 Å². The number of aliphatic hydroxyl groups is 1.